The first-order valence-corrected chi connectivity index (χ1v) is 3.44. The summed E-state index contributed by atoms with van der Waals surface area (Å²) in [5, 5.41) is 29.4. The van der Waals surface area contributed by atoms with Gasteiger partial charge in [-0.1, -0.05) is 0 Å². The molecule has 1 aliphatic rings. The largest absolute Gasteiger partial charge is 0.394 e. The molecule has 1 fully saturated rings. The molecule has 4 nitrogen and oxygen atoms in total. The van der Waals surface area contributed by atoms with Crippen molar-refractivity contribution in [1.82, 2.24) is 5.32 Å². The summed E-state index contributed by atoms with van der Waals surface area (Å²) in [4.78, 5) is 0. The molecule has 0 aromatic carbocycles. The summed E-state index contributed by atoms with van der Waals surface area (Å²) in [5.74, 6) is 0. The molecular formula is C6H13NO3. The fraction of sp³-hybridized carbons (Fsp3) is 1.00. The summed E-state index contributed by atoms with van der Waals surface area (Å²) in [5.41, 5.74) is 0. The predicted molar refractivity (Wildman–Crippen MR) is 35.5 cm³/mol. The van der Waals surface area contributed by atoms with Crippen molar-refractivity contribution in [2.75, 3.05) is 13.2 Å². The molecule has 60 valence electrons. The molecule has 1 heterocycles. The van der Waals surface area contributed by atoms with E-state index in [9.17, 15) is 0 Å². The molecule has 1 rings (SSSR count). The summed E-state index contributed by atoms with van der Waals surface area (Å²) in [6.45, 7) is 0.270. The van der Waals surface area contributed by atoms with Gasteiger partial charge in [-0.3, -0.25) is 0 Å². The standard InChI is InChI=1S/C6H13NO3/c8-3-6(10)5-1-4(9)2-7-5/h4-10H,1-3H2/t4-,5-,6-/m0/s1. The molecule has 4 N–H and O–H groups in total. The van der Waals surface area contributed by atoms with E-state index < -0.39 is 6.10 Å². The minimum absolute atomic E-state index is 0.139. The molecule has 4 heteroatoms. The van der Waals surface area contributed by atoms with E-state index in [1.807, 2.05) is 0 Å². The first-order valence-electron chi connectivity index (χ1n) is 3.44. The maximum Gasteiger partial charge on any atom is 0.0924 e. The third kappa shape index (κ3) is 1.67. The van der Waals surface area contributed by atoms with Gasteiger partial charge in [0.15, 0.2) is 0 Å². The molecule has 3 atom stereocenters. The monoisotopic (exact) mass is 147 g/mol. The number of nitrogens with one attached hydrogen (secondary N) is 1. The highest BCUT2D eigenvalue weighted by Gasteiger charge is 2.27. The van der Waals surface area contributed by atoms with Gasteiger partial charge in [-0.2, -0.15) is 0 Å². The van der Waals surface area contributed by atoms with Gasteiger partial charge in [-0.25, -0.2) is 0 Å². The van der Waals surface area contributed by atoms with Crippen molar-refractivity contribution >= 4 is 0 Å². The fourth-order valence-electron chi connectivity index (χ4n) is 1.17. The van der Waals surface area contributed by atoms with Crippen LogP contribution in [-0.2, 0) is 0 Å². The van der Waals surface area contributed by atoms with Crippen LogP contribution in [0.15, 0.2) is 0 Å². The van der Waals surface area contributed by atoms with E-state index in [-0.39, 0.29) is 18.8 Å². The Balaban J connectivity index is 2.29. The topological polar surface area (TPSA) is 72.7 Å². The van der Waals surface area contributed by atoms with Crippen LogP contribution in [0.25, 0.3) is 0 Å². The van der Waals surface area contributed by atoms with Crippen molar-refractivity contribution in [3.05, 3.63) is 0 Å². The Morgan fingerprint density at radius 3 is 2.70 bits per heavy atom. The number of β-amino-alcohol motifs (C(OH)–C–C–N with tert-alkyl or cyclic N) is 1. The Bertz CT molecular complexity index is 109. The average molecular weight is 147 g/mol. The van der Waals surface area contributed by atoms with Gasteiger partial charge in [0, 0.05) is 12.6 Å². The molecule has 0 unspecified atom stereocenters. The lowest BCUT2D eigenvalue weighted by Crippen LogP contribution is -2.36. The van der Waals surface area contributed by atoms with E-state index in [0.29, 0.717) is 13.0 Å². The van der Waals surface area contributed by atoms with Crippen LogP contribution < -0.4 is 5.32 Å². The van der Waals surface area contributed by atoms with Crippen LogP contribution in [0.3, 0.4) is 0 Å². The van der Waals surface area contributed by atoms with Gasteiger partial charge in [0.05, 0.1) is 18.8 Å². The molecule has 0 aliphatic carbocycles. The molecule has 0 saturated carbocycles. The second kappa shape index (κ2) is 3.30. The van der Waals surface area contributed by atoms with Crippen LogP contribution in [0.1, 0.15) is 6.42 Å². The van der Waals surface area contributed by atoms with E-state index in [1.54, 1.807) is 0 Å². The van der Waals surface area contributed by atoms with Crippen molar-refractivity contribution in [3.8, 4) is 0 Å². The van der Waals surface area contributed by atoms with E-state index in [0.717, 1.165) is 0 Å². The summed E-state index contributed by atoms with van der Waals surface area (Å²) in [7, 11) is 0. The highest BCUT2D eigenvalue weighted by molar-refractivity contribution is 4.85. The zero-order chi connectivity index (χ0) is 7.56. The number of aliphatic hydroxyl groups is 3. The second-order valence-corrected chi connectivity index (χ2v) is 2.65. The van der Waals surface area contributed by atoms with Gasteiger partial charge in [-0.15, -0.1) is 0 Å². The Morgan fingerprint density at radius 2 is 2.30 bits per heavy atom. The maximum atomic E-state index is 9.05. The second-order valence-electron chi connectivity index (χ2n) is 2.65. The third-order valence-corrected chi connectivity index (χ3v) is 1.79. The third-order valence-electron chi connectivity index (χ3n) is 1.79. The highest BCUT2D eigenvalue weighted by Crippen LogP contribution is 2.09. The first-order chi connectivity index (χ1) is 4.74. The van der Waals surface area contributed by atoms with Gasteiger partial charge < -0.3 is 20.6 Å². The molecule has 0 amide bonds. The Labute approximate surface area is 59.5 Å². The summed E-state index contributed by atoms with van der Waals surface area (Å²) < 4.78 is 0. The first kappa shape index (κ1) is 7.94. The van der Waals surface area contributed by atoms with Crippen molar-refractivity contribution in [2.24, 2.45) is 0 Å². The van der Waals surface area contributed by atoms with Crippen molar-refractivity contribution in [2.45, 2.75) is 24.7 Å². The quantitative estimate of drug-likeness (QED) is 0.367. The van der Waals surface area contributed by atoms with Crippen LogP contribution in [0.2, 0.25) is 0 Å². The lowest BCUT2D eigenvalue weighted by Gasteiger charge is -2.14. The normalized spacial score (nSPS) is 36.3. The van der Waals surface area contributed by atoms with Gasteiger partial charge in [0.1, 0.15) is 0 Å². The minimum Gasteiger partial charge on any atom is -0.394 e. The predicted octanol–water partition coefficient (Wildman–Crippen LogP) is -1.94. The van der Waals surface area contributed by atoms with Crippen molar-refractivity contribution in [1.29, 1.82) is 0 Å². The SMILES string of the molecule is OC[C@H](O)[C@@H]1C[C@H](O)CN1. The van der Waals surface area contributed by atoms with Crippen LogP contribution in [0.4, 0.5) is 0 Å². The van der Waals surface area contributed by atoms with E-state index in [2.05, 4.69) is 5.32 Å². The molecule has 10 heavy (non-hydrogen) atoms. The molecule has 0 aromatic heterocycles. The van der Waals surface area contributed by atoms with Gasteiger partial charge in [-0.05, 0) is 6.42 Å². The molecule has 0 bridgehead atoms. The molecule has 1 saturated heterocycles. The van der Waals surface area contributed by atoms with Crippen LogP contribution >= 0.6 is 0 Å². The molecular weight excluding hydrogens is 134 g/mol. The van der Waals surface area contributed by atoms with Gasteiger partial charge >= 0.3 is 0 Å². The number of aliphatic hydroxyl groups excluding tert-OH is 3. The minimum atomic E-state index is -0.739. The average Bonchev–Trinajstić information content (AvgIpc) is 2.34. The smallest absolute Gasteiger partial charge is 0.0924 e. The molecule has 0 spiro atoms. The summed E-state index contributed by atoms with van der Waals surface area (Å²) >= 11 is 0. The van der Waals surface area contributed by atoms with Crippen molar-refractivity contribution in [3.63, 3.8) is 0 Å². The summed E-state index contributed by atoms with van der Waals surface area (Å²) in [6.07, 6.45) is -0.579. The number of rotatable bonds is 2. The van der Waals surface area contributed by atoms with E-state index >= 15 is 0 Å². The summed E-state index contributed by atoms with van der Waals surface area (Å²) in [6, 6.07) is -0.139. The Kier molecular flexibility index (Phi) is 2.62. The Morgan fingerprint density at radius 1 is 1.60 bits per heavy atom. The maximum absolute atomic E-state index is 9.05. The van der Waals surface area contributed by atoms with Crippen molar-refractivity contribution < 1.29 is 15.3 Å². The van der Waals surface area contributed by atoms with E-state index in [4.69, 9.17) is 15.3 Å². The highest BCUT2D eigenvalue weighted by atomic mass is 16.3. The van der Waals surface area contributed by atoms with Gasteiger partial charge in [0.2, 0.25) is 0 Å². The molecule has 1 aliphatic heterocycles. The number of hydrogen-bond acceptors (Lipinski definition) is 4. The zero-order valence-electron chi connectivity index (χ0n) is 5.70. The molecule has 0 radical (unpaired) electrons. The van der Waals surface area contributed by atoms with Crippen LogP contribution in [-0.4, -0.2) is 46.7 Å². The van der Waals surface area contributed by atoms with Crippen LogP contribution in [0, 0.1) is 0 Å². The lowest BCUT2D eigenvalue weighted by molar-refractivity contribution is 0.0643. The fourth-order valence-corrected chi connectivity index (χ4v) is 1.17. The number of hydrogen-bond donors (Lipinski definition) is 4. The molecule has 0 aromatic rings. The van der Waals surface area contributed by atoms with Crippen LogP contribution in [0.5, 0.6) is 0 Å². The van der Waals surface area contributed by atoms with E-state index in [1.165, 1.54) is 0 Å². The zero-order valence-corrected chi connectivity index (χ0v) is 5.70. The Hall–Kier alpha value is -0.160. The lowest BCUT2D eigenvalue weighted by atomic mass is 10.1. The van der Waals surface area contributed by atoms with Gasteiger partial charge in [0.25, 0.3) is 0 Å².